The van der Waals surface area contributed by atoms with Crippen LogP contribution in [0.25, 0.3) is 0 Å². The summed E-state index contributed by atoms with van der Waals surface area (Å²) in [7, 11) is 1.84. The first-order valence-corrected chi connectivity index (χ1v) is 7.37. The van der Waals surface area contributed by atoms with Gasteiger partial charge in [-0.3, -0.25) is 4.90 Å². The maximum absolute atomic E-state index is 5.60. The minimum atomic E-state index is 0.307. The second kappa shape index (κ2) is 6.88. The van der Waals surface area contributed by atoms with Gasteiger partial charge in [0.2, 0.25) is 0 Å². The van der Waals surface area contributed by atoms with Crippen LogP contribution in [-0.2, 0) is 4.74 Å². The molecule has 0 radical (unpaired) electrons. The zero-order valence-corrected chi connectivity index (χ0v) is 13.1. The molecular weight excluding hydrogens is 224 g/mol. The molecule has 0 aromatic rings. The van der Waals surface area contributed by atoms with Gasteiger partial charge < -0.3 is 10.1 Å². The van der Waals surface area contributed by atoms with Crippen molar-refractivity contribution in [2.45, 2.75) is 53.2 Å². The molecule has 1 heterocycles. The van der Waals surface area contributed by atoms with Gasteiger partial charge in [0.25, 0.3) is 0 Å². The fourth-order valence-electron chi connectivity index (χ4n) is 2.72. The Labute approximate surface area is 113 Å². The van der Waals surface area contributed by atoms with Crippen molar-refractivity contribution in [3.8, 4) is 0 Å². The summed E-state index contributed by atoms with van der Waals surface area (Å²) in [6, 6.07) is 0.549. The van der Waals surface area contributed by atoms with Crippen molar-refractivity contribution in [3.63, 3.8) is 0 Å². The number of hydrogen-bond donors (Lipinski definition) is 1. The Morgan fingerprint density at radius 3 is 2.56 bits per heavy atom. The minimum absolute atomic E-state index is 0.307. The molecule has 0 spiro atoms. The van der Waals surface area contributed by atoms with Crippen LogP contribution in [0.1, 0.15) is 41.0 Å². The second-order valence-corrected chi connectivity index (χ2v) is 6.78. The number of nitrogens with one attached hydrogen (secondary N) is 1. The number of nitrogens with zero attached hydrogens (tertiary/aromatic N) is 1. The van der Waals surface area contributed by atoms with Crippen molar-refractivity contribution in [2.24, 2.45) is 11.3 Å². The van der Waals surface area contributed by atoms with E-state index in [4.69, 9.17) is 4.74 Å². The maximum Gasteiger partial charge on any atom is 0.0724 e. The maximum atomic E-state index is 5.60. The van der Waals surface area contributed by atoms with Gasteiger partial charge in [-0.15, -0.1) is 0 Å². The van der Waals surface area contributed by atoms with E-state index in [-0.39, 0.29) is 0 Å². The van der Waals surface area contributed by atoms with Gasteiger partial charge in [0.15, 0.2) is 0 Å². The van der Waals surface area contributed by atoms with E-state index in [1.807, 2.05) is 7.11 Å². The van der Waals surface area contributed by atoms with Crippen LogP contribution in [0, 0.1) is 11.3 Å². The van der Waals surface area contributed by atoms with Crippen molar-refractivity contribution >= 4 is 0 Å². The third-order valence-corrected chi connectivity index (χ3v) is 4.21. The number of likely N-dealkylation sites (N-methyl/N-ethyl adjacent to an activating group) is 1. The lowest BCUT2D eigenvalue weighted by molar-refractivity contribution is -0.0113. The predicted molar refractivity (Wildman–Crippen MR) is 77.9 cm³/mol. The molecule has 0 amide bonds. The Kier molecular flexibility index (Phi) is 6.09. The van der Waals surface area contributed by atoms with E-state index in [0.717, 1.165) is 19.6 Å². The Hall–Kier alpha value is -0.120. The summed E-state index contributed by atoms with van der Waals surface area (Å²) in [5.41, 5.74) is 0.307. The lowest BCUT2D eigenvalue weighted by Gasteiger charge is -2.41. The average molecular weight is 256 g/mol. The van der Waals surface area contributed by atoms with Gasteiger partial charge in [-0.05, 0) is 30.8 Å². The molecule has 3 nitrogen and oxygen atoms in total. The van der Waals surface area contributed by atoms with Crippen LogP contribution in [0.2, 0.25) is 0 Å². The summed E-state index contributed by atoms with van der Waals surface area (Å²) in [6.45, 7) is 15.9. The van der Waals surface area contributed by atoms with E-state index in [1.54, 1.807) is 0 Å². The fraction of sp³-hybridized carbons (Fsp3) is 1.00. The summed E-state index contributed by atoms with van der Waals surface area (Å²) in [4.78, 5) is 2.56. The molecule has 0 bridgehead atoms. The monoisotopic (exact) mass is 256 g/mol. The van der Waals surface area contributed by atoms with Crippen molar-refractivity contribution < 1.29 is 4.74 Å². The number of likely N-dealkylation sites (tertiary alicyclic amines) is 1. The summed E-state index contributed by atoms with van der Waals surface area (Å²) in [5, 5.41) is 3.63. The summed E-state index contributed by atoms with van der Waals surface area (Å²) in [5.74, 6) is 0.693. The summed E-state index contributed by atoms with van der Waals surface area (Å²) in [6.07, 6.45) is 1.66. The molecule has 1 aliphatic rings. The first kappa shape index (κ1) is 15.9. The van der Waals surface area contributed by atoms with Crippen molar-refractivity contribution in [3.05, 3.63) is 0 Å². The molecule has 3 atom stereocenters. The third-order valence-electron chi connectivity index (χ3n) is 4.21. The van der Waals surface area contributed by atoms with E-state index in [2.05, 4.69) is 44.8 Å². The highest BCUT2D eigenvalue weighted by molar-refractivity contribution is 4.86. The molecule has 1 rings (SSSR count). The van der Waals surface area contributed by atoms with Crippen LogP contribution < -0.4 is 5.32 Å². The van der Waals surface area contributed by atoms with Crippen LogP contribution >= 0.6 is 0 Å². The quantitative estimate of drug-likeness (QED) is 0.817. The van der Waals surface area contributed by atoms with Crippen molar-refractivity contribution in [2.75, 3.05) is 33.3 Å². The molecule has 1 aliphatic heterocycles. The largest absolute Gasteiger partial charge is 0.380 e. The molecule has 0 aliphatic carbocycles. The first-order valence-electron chi connectivity index (χ1n) is 7.37. The highest BCUT2D eigenvalue weighted by Gasteiger charge is 2.30. The predicted octanol–water partition coefficient (Wildman–Crippen LogP) is 2.37. The van der Waals surface area contributed by atoms with Crippen LogP contribution in [0.4, 0.5) is 0 Å². The number of hydrogen-bond acceptors (Lipinski definition) is 3. The van der Waals surface area contributed by atoms with Gasteiger partial charge in [0.1, 0.15) is 0 Å². The third kappa shape index (κ3) is 4.52. The molecule has 0 aromatic carbocycles. The molecule has 3 heteroatoms. The van der Waals surface area contributed by atoms with Crippen molar-refractivity contribution in [1.29, 1.82) is 0 Å². The molecule has 1 N–H and O–H groups in total. The minimum Gasteiger partial charge on any atom is -0.380 e. The molecule has 1 saturated heterocycles. The van der Waals surface area contributed by atoms with Gasteiger partial charge in [0.05, 0.1) is 6.10 Å². The highest BCUT2D eigenvalue weighted by Crippen LogP contribution is 2.24. The molecule has 1 fully saturated rings. The number of piperidine rings is 1. The van der Waals surface area contributed by atoms with Gasteiger partial charge in [0, 0.05) is 26.2 Å². The average Bonchev–Trinajstić information content (AvgIpc) is 2.29. The fourth-order valence-corrected chi connectivity index (χ4v) is 2.72. The molecule has 108 valence electrons. The van der Waals surface area contributed by atoms with E-state index < -0.39 is 0 Å². The Morgan fingerprint density at radius 2 is 2.06 bits per heavy atom. The molecule has 0 aromatic heterocycles. The number of ether oxygens (including phenoxy) is 1. The highest BCUT2D eigenvalue weighted by atomic mass is 16.5. The zero-order valence-electron chi connectivity index (χ0n) is 13.1. The second-order valence-electron chi connectivity index (χ2n) is 6.78. The summed E-state index contributed by atoms with van der Waals surface area (Å²) >= 11 is 0. The standard InChI is InChI=1S/C15H32N2O/c1-7-16-14(15(3,4)5)11-17-9-8-12(2)13(10-17)18-6/h12-14,16H,7-11H2,1-6H3. The molecular formula is C15H32N2O. The normalized spacial score (nSPS) is 28.3. The van der Waals surface area contributed by atoms with E-state index in [0.29, 0.717) is 23.5 Å². The van der Waals surface area contributed by atoms with Crippen LogP contribution in [0.15, 0.2) is 0 Å². The van der Waals surface area contributed by atoms with E-state index in [1.165, 1.54) is 13.0 Å². The van der Waals surface area contributed by atoms with Gasteiger partial charge >= 0.3 is 0 Å². The molecule has 0 saturated carbocycles. The Bertz CT molecular complexity index is 237. The van der Waals surface area contributed by atoms with Crippen LogP contribution in [0.5, 0.6) is 0 Å². The topological polar surface area (TPSA) is 24.5 Å². The lowest BCUT2D eigenvalue weighted by atomic mass is 9.85. The first-order chi connectivity index (χ1) is 8.38. The lowest BCUT2D eigenvalue weighted by Crippen LogP contribution is -2.53. The SMILES string of the molecule is CCNC(CN1CCC(C)C(OC)C1)C(C)(C)C. The van der Waals surface area contributed by atoms with Gasteiger partial charge in [-0.2, -0.15) is 0 Å². The number of rotatable bonds is 5. The molecule has 18 heavy (non-hydrogen) atoms. The van der Waals surface area contributed by atoms with Crippen LogP contribution in [-0.4, -0.2) is 50.3 Å². The summed E-state index contributed by atoms with van der Waals surface area (Å²) < 4.78 is 5.60. The zero-order chi connectivity index (χ0) is 13.8. The van der Waals surface area contributed by atoms with E-state index in [9.17, 15) is 0 Å². The van der Waals surface area contributed by atoms with E-state index >= 15 is 0 Å². The molecule has 3 unspecified atom stereocenters. The number of methoxy groups -OCH3 is 1. The Morgan fingerprint density at radius 1 is 1.39 bits per heavy atom. The smallest absolute Gasteiger partial charge is 0.0724 e. The van der Waals surface area contributed by atoms with Gasteiger partial charge in [-0.1, -0.05) is 34.6 Å². The van der Waals surface area contributed by atoms with Gasteiger partial charge in [-0.25, -0.2) is 0 Å². The van der Waals surface area contributed by atoms with Crippen molar-refractivity contribution in [1.82, 2.24) is 10.2 Å². The Balaban J connectivity index is 2.54. The van der Waals surface area contributed by atoms with Crippen LogP contribution in [0.3, 0.4) is 0 Å².